The molecule has 0 aliphatic carbocycles. The molecule has 1 aliphatic rings. The van der Waals surface area contributed by atoms with E-state index in [0.29, 0.717) is 32.0 Å². The smallest absolute Gasteiger partial charge is 0.370 e. The summed E-state index contributed by atoms with van der Waals surface area (Å²) < 4.78 is 77.7. The number of alkyl halides is 6. The van der Waals surface area contributed by atoms with E-state index in [1.165, 1.54) is 11.0 Å². The van der Waals surface area contributed by atoms with E-state index in [2.05, 4.69) is 0 Å². The molecule has 0 spiro atoms. The first-order valence-electron chi connectivity index (χ1n) is 6.62. The predicted octanol–water partition coefficient (Wildman–Crippen LogP) is 4.59. The number of halogens is 6. The third kappa shape index (κ3) is 3.29. The Morgan fingerprint density at radius 2 is 1.50 bits per heavy atom. The van der Waals surface area contributed by atoms with E-state index in [1.54, 1.807) is 0 Å². The summed E-state index contributed by atoms with van der Waals surface area (Å²) in [5.41, 5.74) is -3.96. The highest BCUT2D eigenvalue weighted by Crippen LogP contribution is 2.41. The molecule has 0 saturated carbocycles. The first-order valence-corrected chi connectivity index (χ1v) is 6.62. The molecule has 22 heavy (non-hydrogen) atoms. The van der Waals surface area contributed by atoms with Gasteiger partial charge in [0.2, 0.25) is 0 Å². The quantitative estimate of drug-likeness (QED) is 0.707. The molecule has 0 N–H and O–H groups in total. The Hall–Kier alpha value is -1.91. The molecule has 0 radical (unpaired) electrons. The fourth-order valence-corrected chi connectivity index (χ4v) is 2.52. The lowest BCUT2D eigenvalue weighted by Crippen LogP contribution is -2.31. The largest absolute Gasteiger partial charge is 0.417 e. The van der Waals surface area contributed by atoms with E-state index in [1.807, 2.05) is 0 Å². The molecule has 1 aliphatic heterocycles. The Morgan fingerprint density at radius 1 is 0.909 bits per heavy atom. The molecule has 1 aromatic rings. The highest BCUT2D eigenvalue weighted by Gasteiger charge is 2.40. The Labute approximate surface area is 122 Å². The van der Waals surface area contributed by atoms with Gasteiger partial charge in [-0.3, -0.25) is 0 Å². The number of hydrogen-bond donors (Lipinski definition) is 0. The summed E-state index contributed by atoms with van der Waals surface area (Å²) in [6.07, 6.45) is -7.72. The fourth-order valence-electron chi connectivity index (χ4n) is 2.52. The van der Waals surface area contributed by atoms with Crippen LogP contribution < -0.4 is 4.90 Å². The van der Waals surface area contributed by atoms with Crippen molar-refractivity contribution in [3.63, 3.8) is 0 Å². The Morgan fingerprint density at radius 3 is 1.95 bits per heavy atom. The molecule has 8 heteroatoms. The van der Waals surface area contributed by atoms with Gasteiger partial charge in [0.15, 0.2) is 0 Å². The third-order valence-corrected chi connectivity index (χ3v) is 3.56. The van der Waals surface area contributed by atoms with Crippen molar-refractivity contribution in [3.8, 4) is 6.07 Å². The van der Waals surface area contributed by atoms with E-state index in [9.17, 15) is 26.3 Å². The lowest BCUT2D eigenvalue weighted by Gasteiger charge is -2.31. The van der Waals surface area contributed by atoms with E-state index in [4.69, 9.17) is 5.26 Å². The first kappa shape index (κ1) is 16.5. The van der Waals surface area contributed by atoms with Crippen LogP contribution in [0.3, 0.4) is 0 Å². The molecule has 1 fully saturated rings. The minimum atomic E-state index is -5.02. The average molecular weight is 322 g/mol. The maximum absolute atomic E-state index is 13.0. The average Bonchev–Trinajstić information content (AvgIpc) is 2.44. The van der Waals surface area contributed by atoms with E-state index < -0.39 is 29.0 Å². The maximum Gasteiger partial charge on any atom is 0.417 e. The van der Waals surface area contributed by atoms with Gasteiger partial charge in [-0.15, -0.1) is 0 Å². The molecule has 120 valence electrons. The van der Waals surface area contributed by atoms with Crippen LogP contribution >= 0.6 is 0 Å². The second kappa shape index (κ2) is 5.71. The van der Waals surface area contributed by atoms with Gasteiger partial charge >= 0.3 is 12.4 Å². The van der Waals surface area contributed by atoms with Crippen molar-refractivity contribution in [2.24, 2.45) is 0 Å². The predicted molar refractivity (Wildman–Crippen MR) is 67.2 cm³/mol. The number of piperidine rings is 1. The number of rotatable bonds is 1. The lowest BCUT2D eigenvalue weighted by molar-refractivity contribution is -0.143. The van der Waals surface area contributed by atoms with Gasteiger partial charge in [-0.25, -0.2) is 0 Å². The highest BCUT2D eigenvalue weighted by atomic mass is 19.4. The minimum Gasteiger partial charge on any atom is -0.370 e. The van der Waals surface area contributed by atoms with Crippen LogP contribution in [-0.2, 0) is 12.4 Å². The van der Waals surface area contributed by atoms with Gasteiger partial charge < -0.3 is 4.90 Å². The van der Waals surface area contributed by atoms with Gasteiger partial charge in [-0.1, -0.05) is 0 Å². The van der Waals surface area contributed by atoms with Gasteiger partial charge in [-0.05, 0) is 31.4 Å². The molecule has 0 atom stereocenters. The monoisotopic (exact) mass is 322 g/mol. The molecule has 0 aromatic heterocycles. The number of anilines is 1. The maximum atomic E-state index is 13.0. The summed E-state index contributed by atoms with van der Waals surface area (Å²) in [5, 5.41) is 9.03. The Bertz CT molecular complexity index is 591. The van der Waals surface area contributed by atoms with Crippen LogP contribution in [0.2, 0.25) is 0 Å². The van der Waals surface area contributed by atoms with Crippen LogP contribution in [0.25, 0.3) is 0 Å². The van der Waals surface area contributed by atoms with Gasteiger partial charge in [0, 0.05) is 13.1 Å². The summed E-state index contributed by atoms with van der Waals surface area (Å²) in [5.74, 6) is 0. The topological polar surface area (TPSA) is 27.0 Å². The molecule has 0 bridgehead atoms. The zero-order valence-electron chi connectivity index (χ0n) is 11.4. The van der Waals surface area contributed by atoms with Gasteiger partial charge in [-0.2, -0.15) is 31.6 Å². The van der Waals surface area contributed by atoms with Gasteiger partial charge in [0.05, 0.1) is 22.4 Å². The summed E-state index contributed by atoms with van der Waals surface area (Å²) >= 11 is 0. The van der Waals surface area contributed by atoms with Crippen molar-refractivity contribution in [2.45, 2.75) is 31.6 Å². The van der Waals surface area contributed by atoms with Crippen LogP contribution in [0.1, 0.15) is 36.0 Å². The number of nitrogens with zero attached hydrogens (tertiary/aromatic N) is 2. The zero-order valence-corrected chi connectivity index (χ0v) is 11.4. The molecule has 1 saturated heterocycles. The third-order valence-electron chi connectivity index (χ3n) is 3.56. The number of hydrogen-bond acceptors (Lipinski definition) is 2. The minimum absolute atomic E-state index is 0.00595. The van der Waals surface area contributed by atoms with Crippen LogP contribution in [0.15, 0.2) is 12.1 Å². The second-order valence-corrected chi connectivity index (χ2v) is 5.07. The van der Waals surface area contributed by atoms with Crippen LogP contribution in [-0.4, -0.2) is 13.1 Å². The van der Waals surface area contributed by atoms with E-state index >= 15 is 0 Å². The summed E-state index contributed by atoms with van der Waals surface area (Å²) in [7, 11) is 0. The van der Waals surface area contributed by atoms with Gasteiger partial charge in [0.1, 0.15) is 6.07 Å². The zero-order chi connectivity index (χ0) is 16.5. The van der Waals surface area contributed by atoms with Crippen molar-refractivity contribution >= 4 is 5.69 Å². The van der Waals surface area contributed by atoms with Crippen molar-refractivity contribution in [1.29, 1.82) is 5.26 Å². The Balaban J connectivity index is 2.66. The molecule has 2 nitrogen and oxygen atoms in total. The molecule has 1 aromatic carbocycles. The number of benzene rings is 1. The van der Waals surface area contributed by atoms with Crippen molar-refractivity contribution in [1.82, 2.24) is 0 Å². The SMILES string of the molecule is N#Cc1c(N2CCCCC2)cc(C(F)(F)F)cc1C(F)(F)F. The van der Waals surface area contributed by atoms with E-state index in [-0.39, 0.29) is 11.8 Å². The molecular weight excluding hydrogens is 310 g/mol. The molecule has 0 amide bonds. The molecule has 0 unspecified atom stereocenters. The summed E-state index contributed by atoms with van der Waals surface area (Å²) in [6.45, 7) is 0.681. The van der Waals surface area contributed by atoms with Crippen LogP contribution in [0.5, 0.6) is 0 Å². The van der Waals surface area contributed by atoms with Gasteiger partial charge in [0.25, 0.3) is 0 Å². The highest BCUT2D eigenvalue weighted by molar-refractivity contribution is 5.65. The second-order valence-electron chi connectivity index (χ2n) is 5.07. The van der Waals surface area contributed by atoms with Crippen molar-refractivity contribution < 1.29 is 26.3 Å². The fraction of sp³-hybridized carbons (Fsp3) is 0.500. The number of nitriles is 1. The van der Waals surface area contributed by atoms with Crippen LogP contribution in [0, 0.1) is 11.3 Å². The molecular formula is C14H12F6N2. The first-order chi connectivity index (χ1) is 10.1. The Kier molecular flexibility index (Phi) is 4.27. The van der Waals surface area contributed by atoms with Crippen molar-refractivity contribution in [3.05, 3.63) is 28.8 Å². The van der Waals surface area contributed by atoms with Crippen molar-refractivity contribution in [2.75, 3.05) is 18.0 Å². The van der Waals surface area contributed by atoms with Crippen LogP contribution in [0.4, 0.5) is 32.0 Å². The molecule has 2 rings (SSSR count). The molecule has 1 heterocycles. The lowest BCUT2D eigenvalue weighted by atomic mass is 9.99. The standard InChI is InChI=1S/C14H12F6N2/c15-13(16,17)9-6-11(14(18,19)20)10(8-21)12(7-9)22-4-2-1-3-5-22/h6-7H,1-5H2. The summed E-state index contributed by atoms with van der Waals surface area (Å²) in [4.78, 5) is 1.42. The normalized spacial score (nSPS) is 16.5. The van der Waals surface area contributed by atoms with E-state index in [0.717, 1.165) is 6.42 Å². The summed E-state index contributed by atoms with van der Waals surface area (Å²) in [6, 6.07) is 2.06.